The number of piperidine rings is 1. The van der Waals surface area contributed by atoms with Gasteiger partial charge in [0.1, 0.15) is 11.6 Å². The van der Waals surface area contributed by atoms with E-state index in [2.05, 4.69) is 5.16 Å². The second-order valence-electron chi connectivity index (χ2n) is 7.60. The van der Waals surface area contributed by atoms with Crippen molar-refractivity contribution in [1.82, 2.24) is 4.31 Å². The van der Waals surface area contributed by atoms with Gasteiger partial charge in [-0.3, -0.25) is 0 Å². The van der Waals surface area contributed by atoms with E-state index in [1.165, 1.54) is 40.7 Å². The molecule has 172 valence electrons. The van der Waals surface area contributed by atoms with Gasteiger partial charge in [0.25, 0.3) is 0 Å². The molecular formula is C24H21ClF2N2O3S. The van der Waals surface area contributed by atoms with E-state index in [0.29, 0.717) is 34.7 Å². The molecule has 1 aliphatic rings. The van der Waals surface area contributed by atoms with E-state index in [-0.39, 0.29) is 29.6 Å². The van der Waals surface area contributed by atoms with Gasteiger partial charge in [0.2, 0.25) is 10.0 Å². The Hall–Kier alpha value is -2.81. The Labute approximate surface area is 196 Å². The first kappa shape index (κ1) is 23.4. The summed E-state index contributed by atoms with van der Waals surface area (Å²) in [4.78, 5) is 6.00. The van der Waals surface area contributed by atoms with Gasteiger partial charge in [0, 0.05) is 31.0 Å². The topological polar surface area (TPSA) is 59.0 Å². The molecule has 1 saturated heterocycles. The summed E-state index contributed by atoms with van der Waals surface area (Å²) in [7, 11) is -3.62. The third kappa shape index (κ3) is 5.58. The Morgan fingerprint density at radius 2 is 1.30 bits per heavy atom. The van der Waals surface area contributed by atoms with Gasteiger partial charge < -0.3 is 4.84 Å². The first-order valence-electron chi connectivity index (χ1n) is 10.3. The SMILES string of the molecule is O=S(=O)(c1ccc(Cl)cc1)N1CCC(=NOC(c2ccc(F)cc2)c2ccc(F)cc2)CC1. The highest BCUT2D eigenvalue weighted by Crippen LogP contribution is 2.28. The molecule has 0 unspecified atom stereocenters. The lowest BCUT2D eigenvalue weighted by atomic mass is 10.0. The molecule has 0 amide bonds. The molecule has 0 bridgehead atoms. The van der Waals surface area contributed by atoms with Crippen molar-refractivity contribution in [2.24, 2.45) is 5.16 Å². The summed E-state index contributed by atoms with van der Waals surface area (Å²) in [6.07, 6.45) is 0.160. The lowest BCUT2D eigenvalue weighted by Gasteiger charge is -2.27. The van der Waals surface area contributed by atoms with Crippen molar-refractivity contribution in [2.75, 3.05) is 13.1 Å². The minimum atomic E-state index is -3.62. The van der Waals surface area contributed by atoms with E-state index in [1.807, 2.05) is 0 Å². The minimum absolute atomic E-state index is 0.191. The molecule has 1 aliphatic heterocycles. The van der Waals surface area contributed by atoms with E-state index < -0.39 is 16.1 Å². The quantitative estimate of drug-likeness (QED) is 0.425. The predicted molar refractivity (Wildman–Crippen MR) is 123 cm³/mol. The van der Waals surface area contributed by atoms with Crippen molar-refractivity contribution in [3.05, 3.63) is 101 Å². The summed E-state index contributed by atoms with van der Waals surface area (Å²) >= 11 is 5.86. The lowest BCUT2D eigenvalue weighted by Crippen LogP contribution is -2.38. The lowest BCUT2D eigenvalue weighted by molar-refractivity contribution is 0.0855. The standard InChI is InChI=1S/C24H21ClF2N2O3S/c25-19-5-11-23(12-6-19)33(30,31)29-15-13-22(14-16-29)28-32-24(17-1-7-20(26)8-2-17)18-3-9-21(27)10-4-18/h1-12,24H,13-16H2. The average molecular weight is 491 g/mol. The monoisotopic (exact) mass is 490 g/mol. The average Bonchev–Trinajstić information content (AvgIpc) is 2.82. The van der Waals surface area contributed by atoms with Gasteiger partial charge in [-0.2, -0.15) is 4.31 Å². The molecule has 0 spiro atoms. The molecule has 33 heavy (non-hydrogen) atoms. The van der Waals surface area contributed by atoms with Crippen LogP contribution in [0.15, 0.2) is 82.8 Å². The maximum Gasteiger partial charge on any atom is 0.243 e. The van der Waals surface area contributed by atoms with Gasteiger partial charge in [-0.05, 0) is 59.7 Å². The number of benzene rings is 3. The molecular weight excluding hydrogens is 470 g/mol. The molecule has 0 atom stereocenters. The molecule has 0 N–H and O–H groups in total. The fraction of sp³-hybridized carbons (Fsp3) is 0.208. The maximum absolute atomic E-state index is 13.4. The van der Waals surface area contributed by atoms with Crippen molar-refractivity contribution in [3.8, 4) is 0 Å². The third-order valence-corrected chi connectivity index (χ3v) is 7.55. The number of oxime groups is 1. The zero-order valence-corrected chi connectivity index (χ0v) is 19.1. The molecule has 3 aromatic rings. The van der Waals surface area contributed by atoms with E-state index in [4.69, 9.17) is 16.4 Å². The van der Waals surface area contributed by atoms with Gasteiger partial charge in [-0.15, -0.1) is 0 Å². The first-order valence-corrected chi connectivity index (χ1v) is 12.1. The van der Waals surface area contributed by atoms with E-state index in [1.54, 1.807) is 36.4 Å². The molecule has 0 radical (unpaired) electrons. The molecule has 0 aromatic heterocycles. The first-order chi connectivity index (χ1) is 15.8. The number of nitrogens with zero attached hydrogens (tertiary/aromatic N) is 2. The highest BCUT2D eigenvalue weighted by Gasteiger charge is 2.28. The number of rotatable bonds is 6. The van der Waals surface area contributed by atoms with Crippen molar-refractivity contribution in [3.63, 3.8) is 0 Å². The van der Waals surface area contributed by atoms with Crippen molar-refractivity contribution >= 4 is 27.3 Å². The Bertz CT molecular complexity index is 1180. The highest BCUT2D eigenvalue weighted by molar-refractivity contribution is 7.89. The molecule has 1 fully saturated rings. The van der Waals surface area contributed by atoms with Crippen LogP contribution in [0.25, 0.3) is 0 Å². The van der Waals surface area contributed by atoms with Crippen molar-refractivity contribution < 1.29 is 22.0 Å². The highest BCUT2D eigenvalue weighted by atomic mass is 35.5. The van der Waals surface area contributed by atoms with Crippen LogP contribution in [0.2, 0.25) is 5.02 Å². The van der Waals surface area contributed by atoms with Gasteiger partial charge in [0.15, 0.2) is 6.10 Å². The molecule has 5 nitrogen and oxygen atoms in total. The summed E-state index contributed by atoms with van der Waals surface area (Å²) in [5.41, 5.74) is 2.04. The summed E-state index contributed by atoms with van der Waals surface area (Å²) in [5, 5.41) is 4.74. The van der Waals surface area contributed by atoms with Gasteiger partial charge in [-0.25, -0.2) is 17.2 Å². The Balaban J connectivity index is 1.47. The summed E-state index contributed by atoms with van der Waals surface area (Å²) in [5.74, 6) is -0.755. The van der Waals surface area contributed by atoms with Gasteiger partial charge in [0.05, 0.1) is 10.6 Å². The van der Waals surface area contributed by atoms with Crippen molar-refractivity contribution in [2.45, 2.75) is 23.8 Å². The molecule has 9 heteroatoms. The number of sulfonamides is 1. The number of halogens is 3. The largest absolute Gasteiger partial charge is 0.383 e. The third-order valence-electron chi connectivity index (χ3n) is 5.38. The minimum Gasteiger partial charge on any atom is -0.383 e. The second kappa shape index (κ2) is 9.99. The summed E-state index contributed by atoms with van der Waals surface area (Å²) < 4.78 is 53.9. The van der Waals surface area contributed by atoms with Crippen LogP contribution in [0.3, 0.4) is 0 Å². The normalized spacial score (nSPS) is 15.0. The number of hydrogen-bond acceptors (Lipinski definition) is 4. The molecule has 0 saturated carbocycles. The van der Waals surface area contributed by atoms with Crippen LogP contribution in [0, 0.1) is 11.6 Å². The fourth-order valence-corrected chi connectivity index (χ4v) is 5.12. The van der Waals surface area contributed by atoms with Crippen LogP contribution in [-0.4, -0.2) is 31.5 Å². The van der Waals surface area contributed by atoms with E-state index in [0.717, 1.165) is 0 Å². The second-order valence-corrected chi connectivity index (χ2v) is 9.98. The Morgan fingerprint density at radius 3 is 1.79 bits per heavy atom. The van der Waals surface area contributed by atoms with Gasteiger partial charge in [-0.1, -0.05) is 41.0 Å². The Kier molecular flexibility index (Phi) is 7.07. The van der Waals surface area contributed by atoms with Gasteiger partial charge >= 0.3 is 0 Å². The zero-order valence-electron chi connectivity index (χ0n) is 17.5. The van der Waals surface area contributed by atoms with Crippen LogP contribution >= 0.6 is 11.6 Å². The van der Waals surface area contributed by atoms with Crippen LogP contribution < -0.4 is 0 Å². The number of hydrogen-bond donors (Lipinski definition) is 0. The van der Waals surface area contributed by atoms with E-state index >= 15 is 0 Å². The maximum atomic E-state index is 13.4. The van der Waals surface area contributed by atoms with Crippen LogP contribution in [-0.2, 0) is 14.9 Å². The van der Waals surface area contributed by atoms with Crippen LogP contribution in [0.4, 0.5) is 8.78 Å². The van der Waals surface area contributed by atoms with Crippen LogP contribution in [0.5, 0.6) is 0 Å². The summed E-state index contributed by atoms with van der Waals surface area (Å²) in [6.45, 7) is 0.538. The summed E-state index contributed by atoms with van der Waals surface area (Å²) in [6, 6.07) is 17.7. The smallest absolute Gasteiger partial charge is 0.243 e. The van der Waals surface area contributed by atoms with Crippen LogP contribution in [0.1, 0.15) is 30.1 Å². The molecule has 3 aromatic carbocycles. The van der Waals surface area contributed by atoms with Crippen molar-refractivity contribution in [1.29, 1.82) is 0 Å². The fourth-order valence-electron chi connectivity index (χ4n) is 3.55. The molecule has 4 rings (SSSR count). The zero-order chi connectivity index (χ0) is 23.4. The predicted octanol–water partition coefficient (Wildman–Crippen LogP) is 5.56. The molecule has 1 heterocycles. The Morgan fingerprint density at radius 1 is 0.818 bits per heavy atom. The molecule has 0 aliphatic carbocycles. The van der Waals surface area contributed by atoms with E-state index in [9.17, 15) is 17.2 Å².